The van der Waals surface area contributed by atoms with Gasteiger partial charge in [-0.3, -0.25) is 4.55 Å². The molecule has 15 heavy (non-hydrogen) atoms. The Morgan fingerprint density at radius 3 is 2.20 bits per heavy atom. The van der Waals surface area contributed by atoms with Crippen molar-refractivity contribution in [1.29, 1.82) is 0 Å². The second-order valence-electron chi connectivity index (χ2n) is 2.50. The van der Waals surface area contributed by atoms with Crippen molar-refractivity contribution in [3.8, 4) is 5.75 Å². The van der Waals surface area contributed by atoms with E-state index in [1.807, 2.05) is 0 Å². The molecule has 0 atom stereocenters. The Kier molecular flexibility index (Phi) is 2.91. The van der Waals surface area contributed by atoms with E-state index in [2.05, 4.69) is 4.18 Å². The van der Waals surface area contributed by atoms with E-state index in [-0.39, 0.29) is 0 Å². The lowest BCUT2D eigenvalue weighted by atomic mass is 10.2. The maximum Gasteiger partial charge on any atom is 0.446 e. The third-order valence-electron chi connectivity index (χ3n) is 1.39. The van der Waals surface area contributed by atoms with Crippen LogP contribution >= 0.6 is 0 Å². The van der Waals surface area contributed by atoms with Crippen LogP contribution in [-0.4, -0.2) is 13.0 Å². The fourth-order valence-electron chi connectivity index (χ4n) is 0.887. The SMILES string of the molecule is O=S(=O)(O)Oc1ccccc1C(F)(F)F. The van der Waals surface area contributed by atoms with E-state index in [4.69, 9.17) is 4.55 Å². The third kappa shape index (κ3) is 3.40. The van der Waals surface area contributed by atoms with E-state index in [1.54, 1.807) is 0 Å². The van der Waals surface area contributed by atoms with E-state index >= 15 is 0 Å². The van der Waals surface area contributed by atoms with Gasteiger partial charge in [-0.2, -0.15) is 21.6 Å². The molecule has 0 aliphatic carbocycles. The summed E-state index contributed by atoms with van der Waals surface area (Å²) >= 11 is 0. The zero-order valence-electron chi connectivity index (χ0n) is 7.02. The molecule has 84 valence electrons. The quantitative estimate of drug-likeness (QED) is 0.804. The molecule has 0 spiro atoms. The molecule has 0 saturated carbocycles. The van der Waals surface area contributed by atoms with Gasteiger partial charge in [-0.15, -0.1) is 0 Å². The lowest BCUT2D eigenvalue weighted by Gasteiger charge is -2.10. The average Bonchev–Trinajstić information content (AvgIpc) is 1.99. The van der Waals surface area contributed by atoms with Crippen molar-refractivity contribution in [2.45, 2.75) is 6.18 Å². The average molecular weight is 242 g/mol. The van der Waals surface area contributed by atoms with Crippen LogP contribution in [0.4, 0.5) is 13.2 Å². The molecule has 1 aromatic rings. The van der Waals surface area contributed by atoms with Gasteiger partial charge in [0, 0.05) is 0 Å². The van der Waals surface area contributed by atoms with Gasteiger partial charge in [0.15, 0.2) is 5.75 Å². The molecular formula is C7H5F3O4S. The van der Waals surface area contributed by atoms with Gasteiger partial charge in [-0.1, -0.05) is 12.1 Å². The molecule has 1 N–H and O–H groups in total. The summed E-state index contributed by atoms with van der Waals surface area (Å²) in [5.74, 6) is -0.965. The van der Waals surface area contributed by atoms with Gasteiger partial charge in [-0.05, 0) is 12.1 Å². The summed E-state index contributed by atoms with van der Waals surface area (Å²) < 4.78 is 69.3. The standard InChI is InChI=1S/C7H5F3O4S/c8-7(9,10)5-3-1-2-4-6(5)14-15(11,12)13/h1-4H,(H,11,12,13). The Hall–Kier alpha value is -1.28. The monoisotopic (exact) mass is 242 g/mol. The van der Waals surface area contributed by atoms with Crippen LogP contribution < -0.4 is 4.18 Å². The molecule has 0 radical (unpaired) electrons. The number of halogens is 3. The molecule has 0 aliphatic rings. The zero-order valence-corrected chi connectivity index (χ0v) is 7.84. The Morgan fingerprint density at radius 1 is 1.20 bits per heavy atom. The van der Waals surface area contributed by atoms with E-state index < -0.39 is 27.9 Å². The van der Waals surface area contributed by atoms with Crippen LogP contribution in [0.3, 0.4) is 0 Å². The van der Waals surface area contributed by atoms with Gasteiger partial charge in [0.05, 0.1) is 5.56 Å². The predicted molar refractivity (Wildman–Crippen MR) is 43.6 cm³/mol. The van der Waals surface area contributed by atoms with Crippen molar-refractivity contribution < 1.29 is 30.3 Å². The maximum atomic E-state index is 12.3. The second-order valence-corrected chi connectivity index (χ2v) is 3.53. The summed E-state index contributed by atoms with van der Waals surface area (Å²) in [6, 6.07) is 3.65. The summed E-state index contributed by atoms with van der Waals surface area (Å²) in [5, 5.41) is 0. The first kappa shape index (κ1) is 11.8. The molecule has 0 heterocycles. The fourth-order valence-corrected chi connectivity index (χ4v) is 1.26. The highest BCUT2D eigenvalue weighted by molar-refractivity contribution is 7.81. The van der Waals surface area contributed by atoms with Crippen LogP contribution in [0.1, 0.15) is 5.56 Å². The smallest absolute Gasteiger partial charge is 0.361 e. The summed E-state index contributed by atoms with van der Waals surface area (Å²) in [6.45, 7) is 0. The first-order valence-corrected chi connectivity index (χ1v) is 4.90. The van der Waals surface area contributed by atoms with Crippen molar-refractivity contribution in [3.05, 3.63) is 29.8 Å². The van der Waals surface area contributed by atoms with Gasteiger partial charge in [0.2, 0.25) is 0 Å². The Morgan fingerprint density at radius 2 is 1.73 bits per heavy atom. The highest BCUT2D eigenvalue weighted by atomic mass is 32.3. The van der Waals surface area contributed by atoms with E-state index in [0.29, 0.717) is 6.07 Å². The Bertz CT molecular complexity index is 452. The van der Waals surface area contributed by atoms with Crippen LogP contribution in [0.25, 0.3) is 0 Å². The van der Waals surface area contributed by atoms with E-state index in [0.717, 1.165) is 18.2 Å². The van der Waals surface area contributed by atoms with Crippen LogP contribution in [0.5, 0.6) is 5.75 Å². The van der Waals surface area contributed by atoms with Crippen LogP contribution in [-0.2, 0) is 16.6 Å². The fraction of sp³-hybridized carbons (Fsp3) is 0.143. The van der Waals surface area contributed by atoms with Crippen LogP contribution in [0, 0.1) is 0 Å². The largest absolute Gasteiger partial charge is 0.446 e. The number of hydrogen-bond acceptors (Lipinski definition) is 3. The van der Waals surface area contributed by atoms with Gasteiger partial charge >= 0.3 is 16.6 Å². The summed E-state index contributed by atoms with van der Waals surface area (Å²) in [4.78, 5) is 0. The molecule has 4 nitrogen and oxygen atoms in total. The molecule has 0 amide bonds. The lowest BCUT2D eigenvalue weighted by Crippen LogP contribution is -2.12. The normalized spacial score (nSPS) is 12.5. The molecule has 0 aromatic heterocycles. The Balaban J connectivity index is 3.19. The minimum absolute atomic E-state index is 0.639. The minimum atomic E-state index is -4.96. The molecule has 0 unspecified atom stereocenters. The van der Waals surface area contributed by atoms with Crippen molar-refractivity contribution in [3.63, 3.8) is 0 Å². The highest BCUT2D eigenvalue weighted by Gasteiger charge is 2.35. The molecule has 0 fully saturated rings. The topological polar surface area (TPSA) is 63.6 Å². The molecular weight excluding hydrogens is 237 g/mol. The van der Waals surface area contributed by atoms with E-state index in [1.165, 1.54) is 0 Å². The number of benzene rings is 1. The first-order valence-electron chi connectivity index (χ1n) is 3.53. The molecule has 8 heteroatoms. The summed E-state index contributed by atoms with van der Waals surface area (Å²) in [6.07, 6.45) is -4.75. The van der Waals surface area contributed by atoms with Crippen LogP contribution in [0.15, 0.2) is 24.3 Å². The zero-order chi connectivity index (χ0) is 11.7. The molecule has 1 aromatic carbocycles. The number of hydrogen-bond donors (Lipinski definition) is 1. The number of para-hydroxylation sites is 1. The predicted octanol–water partition coefficient (Wildman–Crippen LogP) is 1.89. The highest BCUT2D eigenvalue weighted by Crippen LogP contribution is 2.36. The number of rotatable bonds is 2. The van der Waals surface area contributed by atoms with Gasteiger partial charge in [-0.25, -0.2) is 0 Å². The summed E-state index contributed by atoms with van der Waals surface area (Å²) in [7, 11) is -4.96. The molecule has 0 bridgehead atoms. The number of alkyl halides is 3. The summed E-state index contributed by atoms with van der Waals surface area (Å²) in [5.41, 5.74) is -1.28. The molecule has 1 rings (SSSR count). The van der Waals surface area contributed by atoms with Gasteiger partial charge in [0.1, 0.15) is 0 Å². The van der Waals surface area contributed by atoms with Crippen molar-refractivity contribution in [2.24, 2.45) is 0 Å². The van der Waals surface area contributed by atoms with Gasteiger partial charge < -0.3 is 4.18 Å². The molecule has 0 saturated heterocycles. The first-order chi connectivity index (χ1) is 6.70. The van der Waals surface area contributed by atoms with Crippen LogP contribution in [0.2, 0.25) is 0 Å². The third-order valence-corrected chi connectivity index (χ3v) is 1.78. The minimum Gasteiger partial charge on any atom is -0.361 e. The second kappa shape index (κ2) is 3.70. The maximum absolute atomic E-state index is 12.3. The van der Waals surface area contributed by atoms with E-state index in [9.17, 15) is 21.6 Å². The van der Waals surface area contributed by atoms with Crippen molar-refractivity contribution in [2.75, 3.05) is 0 Å². The Labute approximate surface area is 83.2 Å². The van der Waals surface area contributed by atoms with Gasteiger partial charge in [0.25, 0.3) is 0 Å². The van der Waals surface area contributed by atoms with Crippen molar-refractivity contribution >= 4 is 10.4 Å². The van der Waals surface area contributed by atoms with Crippen molar-refractivity contribution in [1.82, 2.24) is 0 Å². The lowest BCUT2D eigenvalue weighted by molar-refractivity contribution is -0.138. The molecule has 0 aliphatic heterocycles.